The van der Waals surface area contributed by atoms with Crippen LogP contribution in [0.4, 0.5) is 0 Å². The maximum absolute atomic E-state index is 6.05. The zero-order valence-corrected chi connectivity index (χ0v) is 13.4. The Kier molecular flexibility index (Phi) is 6.02. The first-order valence-corrected chi connectivity index (χ1v) is 8.55. The van der Waals surface area contributed by atoms with E-state index in [1.807, 2.05) is 30.3 Å². The van der Waals surface area contributed by atoms with E-state index in [4.69, 9.17) is 16.0 Å². The first-order chi connectivity index (χ1) is 9.72. The molecule has 2 nitrogen and oxygen atoms in total. The molecular weight excluding hydrogens is 290 g/mol. The summed E-state index contributed by atoms with van der Waals surface area (Å²) >= 11 is 7.82. The van der Waals surface area contributed by atoms with Crippen molar-refractivity contribution in [3.05, 3.63) is 58.5 Å². The molecule has 0 fully saturated rings. The molecule has 20 heavy (non-hydrogen) atoms. The number of halogens is 1. The second-order valence-corrected chi connectivity index (χ2v) is 6.00. The highest BCUT2D eigenvalue weighted by Crippen LogP contribution is 2.21. The fourth-order valence-corrected chi connectivity index (χ4v) is 2.82. The van der Waals surface area contributed by atoms with Crippen LogP contribution < -0.4 is 5.32 Å². The van der Waals surface area contributed by atoms with Crippen LogP contribution in [0, 0.1) is 0 Å². The lowest BCUT2D eigenvalue weighted by atomic mass is 10.0. The van der Waals surface area contributed by atoms with E-state index in [1.165, 1.54) is 5.56 Å². The summed E-state index contributed by atoms with van der Waals surface area (Å²) < 4.78 is 5.77. The van der Waals surface area contributed by atoms with Gasteiger partial charge < -0.3 is 9.73 Å². The largest absolute Gasteiger partial charge is 0.464 e. The summed E-state index contributed by atoms with van der Waals surface area (Å²) in [5, 5.41) is 4.31. The van der Waals surface area contributed by atoms with Gasteiger partial charge in [-0.2, -0.15) is 11.8 Å². The van der Waals surface area contributed by atoms with Gasteiger partial charge in [0.15, 0.2) is 0 Å². The summed E-state index contributed by atoms with van der Waals surface area (Å²) in [7, 11) is 0. The Morgan fingerprint density at radius 1 is 1.25 bits per heavy atom. The lowest BCUT2D eigenvalue weighted by Gasteiger charge is -2.17. The van der Waals surface area contributed by atoms with Gasteiger partial charge in [-0.15, -0.1) is 0 Å². The Morgan fingerprint density at radius 3 is 2.75 bits per heavy atom. The van der Waals surface area contributed by atoms with E-state index in [2.05, 4.69) is 24.6 Å². The van der Waals surface area contributed by atoms with Crippen LogP contribution in [0.2, 0.25) is 5.02 Å². The van der Waals surface area contributed by atoms with Gasteiger partial charge >= 0.3 is 0 Å². The molecule has 4 heteroatoms. The van der Waals surface area contributed by atoms with E-state index >= 15 is 0 Å². The molecule has 2 aromatic rings. The molecule has 1 heterocycles. The molecule has 1 aromatic heterocycles. The first kappa shape index (κ1) is 15.5. The van der Waals surface area contributed by atoms with Crippen molar-refractivity contribution in [1.82, 2.24) is 5.32 Å². The topological polar surface area (TPSA) is 25.2 Å². The molecule has 1 atom stereocenters. The van der Waals surface area contributed by atoms with Crippen LogP contribution in [0.1, 0.15) is 36.5 Å². The average Bonchev–Trinajstić information content (AvgIpc) is 2.88. The molecule has 108 valence electrons. The van der Waals surface area contributed by atoms with Crippen molar-refractivity contribution in [2.45, 2.75) is 31.7 Å². The van der Waals surface area contributed by atoms with Crippen LogP contribution >= 0.6 is 23.4 Å². The molecule has 1 N–H and O–H groups in total. The molecule has 1 unspecified atom stereocenters. The van der Waals surface area contributed by atoms with Crippen molar-refractivity contribution in [3.63, 3.8) is 0 Å². The molecule has 0 spiro atoms. The third kappa shape index (κ3) is 4.30. The van der Waals surface area contributed by atoms with Crippen molar-refractivity contribution in [3.8, 4) is 0 Å². The van der Waals surface area contributed by atoms with Gasteiger partial charge in [-0.25, -0.2) is 0 Å². The van der Waals surface area contributed by atoms with Gasteiger partial charge in [0.2, 0.25) is 0 Å². The van der Waals surface area contributed by atoms with Gasteiger partial charge in [0, 0.05) is 11.1 Å². The maximum atomic E-state index is 6.05. The summed E-state index contributed by atoms with van der Waals surface area (Å²) in [5.74, 6) is 2.94. The van der Waals surface area contributed by atoms with Crippen LogP contribution in [0.5, 0.6) is 0 Å². The van der Waals surface area contributed by atoms with E-state index in [1.54, 1.807) is 11.8 Å². The number of nitrogens with one attached hydrogen (secondary N) is 1. The van der Waals surface area contributed by atoms with Gasteiger partial charge in [0.25, 0.3) is 0 Å². The number of benzene rings is 1. The van der Waals surface area contributed by atoms with Gasteiger partial charge in [-0.3, -0.25) is 0 Å². The van der Waals surface area contributed by atoms with E-state index in [0.717, 1.165) is 35.3 Å². The van der Waals surface area contributed by atoms with Crippen LogP contribution in [0.15, 0.2) is 40.8 Å². The predicted molar refractivity (Wildman–Crippen MR) is 87.3 cm³/mol. The Balaban J connectivity index is 1.96. The number of rotatable bonds is 7. The van der Waals surface area contributed by atoms with Crippen molar-refractivity contribution in [2.24, 2.45) is 0 Å². The Labute approximate surface area is 129 Å². The standard InChI is InChI=1S/C16H20ClNOS/c1-3-16(12-5-4-6-13(17)9-12)18-10-14-7-8-15(19-14)11-20-2/h4-9,16,18H,3,10-11H2,1-2H3. The molecule has 0 aliphatic heterocycles. The molecule has 1 aromatic carbocycles. The quantitative estimate of drug-likeness (QED) is 0.776. The summed E-state index contributed by atoms with van der Waals surface area (Å²) in [6.07, 6.45) is 3.09. The van der Waals surface area contributed by atoms with Crippen LogP contribution in [0.25, 0.3) is 0 Å². The van der Waals surface area contributed by atoms with Crippen molar-refractivity contribution in [2.75, 3.05) is 6.26 Å². The smallest absolute Gasteiger partial charge is 0.118 e. The van der Waals surface area contributed by atoms with Crippen molar-refractivity contribution >= 4 is 23.4 Å². The zero-order chi connectivity index (χ0) is 14.4. The lowest BCUT2D eigenvalue weighted by Crippen LogP contribution is -2.19. The number of furan rings is 1. The van der Waals surface area contributed by atoms with Crippen molar-refractivity contribution in [1.29, 1.82) is 0 Å². The van der Waals surface area contributed by atoms with E-state index < -0.39 is 0 Å². The Hall–Kier alpha value is -0.900. The molecule has 2 rings (SSSR count). The predicted octanol–water partition coefficient (Wildman–Crippen LogP) is 5.04. The summed E-state index contributed by atoms with van der Waals surface area (Å²) in [5.41, 5.74) is 1.22. The summed E-state index contributed by atoms with van der Waals surface area (Å²) in [6, 6.07) is 12.4. The molecular formula is C16H20ClNOS. The number of hydrogen-bond donors (Lipinski definition) is 1. The number of thioether (sulfide) groups is 1. The first-order valence-electron chi connectivity index (χ1n) is 6.78. The Bertz CT molecular complexity index is 541. The highest BCUT2D eigenvalue weighted by molar-refractivity contribution is 7.97. The monoisotopic (exact) mass is 309 g/mol. The molecule has 0 amide bonds. The molecule has 0 aliphatic carbocycles. The van der Waals surface area contributed by atoms with Crippen LogP contribution in [-0.4, -0.2) is 6.26 Å². The second kappa shape index (κ2) is 7.77. The van der Waals surface area contributed by atoms with E-state index in [9.17, 15) is 0 Å². The summed E-state index contributed by atoms with van der Waals surface area (Å²) in [4.78, 5) is 0. The second-order valence-electron chi connectivity index (χ2n) is 4.70. The van der Waals surface area contributed by atoms with E-state index in [-0.39, 0.29) is 0 Å². The molecule has 0 saturated heterocycles. The van der Waals surface area contributed by atoms with Crippen LogP contribution in [-0.2, 0) is 12.3 Å². The fourth-order valence-electron chi connectivity index (χ4n) is 2.18. The van der Waals surface area contributed by atoms with Gasteiger partial charge in [0.05, 0.1) is 12.3 Å². The SMILES string of the molecule is CCC(NCc1ccc(CSC)o1)c1cccc(Cl)c1. The normalized spacial score (nSPS) is 12.6. The minimum Gasteiger partial charge on any atom is -0.464 e. The highest BCUT2D eigenvalue weighted by Gasteiger charge is 2.10. The Morgan fingerprint density at radius 2 is 2.05 bits per heavy atom. The highest BCUT2D eigenvalue weighted by atomic mass is 35.5. The average molecular weight is 310 g/mol. The molecule has 0 saturated carbocycles. The van der Waals surface area contributed by atoms with Gasteiger partial charge in [-0.05, 0) is 42.5 Å². The fraction of sp³-hybridized carbons (Fsp3) is 0.375. The van der Waals surface area contributed by atoms with E-state index in [0.29, 0.717) is 6.04 Å². The van der Waals surface area contributed by atoms with Crippen molar-refractivity contribution < 1.29 is 4.42 Å². The van der Waals surface area contributed by atoms with Gasteiger partial charge in [-0.1, -0.05) is 30.7 Å². The molecule has 0 aliphatic rings. The minimum absolute atomic E-state index is 0.294. The van der Waals surface area contributed by atoms with Gasteiger partial charge in [0.1, 0.15) is 11.5 Å². The van der Waals surface area contributed by atoms with Crippen LogP contribution in [0.3, 0.4) is 0 Å². The number of hydrogen-bond acceptors (Lipinski definition) is 3. The summed E-state index contributed by atoms with van der Waals surface area (Å²) in [6.45, 7) is 2.90. The minimum atomic E-state index is 0.294. The third-order valence-corrected chi connectivity index (χ3v) is 3.99. The zero-order valence-electron chi connectivity index (χ0n) is 11.9. The third-order valence-electron chi connectivity index (χ3n) is 3.19. The maximum Gasteiger partial charge on any atom is 0.118 e. The molecule has 0 bridgehead atoms. The lowest BCUT2D eigenvalue weighted by molar-refractivity contribution is 0.429. The molecule has 0 radical (unpaired) electrons.